The number of thiophene rings is 1. The number of rotatable bonds is 4. The van der Waals surface area contributed by atoms with Gasteiger partial charge < -0.3 is 5.32 Å². The topological polar surface area (TPSA) is 45.2 Å². The van der Waals surface area contributed by atoms with Crippen LogP contribution in [0.25, 0.3) is 0 Å². The molecule has 6 heteroatoms. The van der Waals surface area contributed by atoms with E-state index in [-0.39, 0.29) is 5.91 Å². The summed E-state index contributed by atoms with van der Waals surface area (Å²) in [6.07, 6.45) is 2.47. The second-order valence-electron chi connectivity index (χ2n) is 4.97. The molecule has 0 aromatic carbocycles. The molecule has 3 heterocycles. The van der Waals surface area contributed by atoms with Crippen molar-refractivity contribution >= 4 is 33.7 Å². The summed E-state index contributed by atoms with van der Waals surface area (Å²) in [6, 6.07) is 4.87. The zero-order valence-electron chi connectivity index (χ0n) is 11.3. The van der Waals surface area contributed by atoms with Crippen LogP contribution >= 0.6 is 22.7 Å². The number of hydrogen-bond acceptors (Lipinski definition) is 5. The molecule has 106 valence electrons. The zero-order chi connectivity index (χ0) is 13.9. The Morgan fingerprint density at radius 2 is 2.45 bits per heavy atom. The van der Waals surface area contributed by atoms with Crippen LogP contribution in [0, 0.1) is 0 Å². The van der Waals surface area contributed by atoms with E-state index in [9.17, 15) is 4.79 Å². The summed E-state index contributed by atoms with van der Waals surface area (Å²) in [4.78, 5) is 19.4. The number of hydrogen-bond donors (Lipinski definition) is 1. The van der Waals surface area contributed by atoms with Gasteiger partial charge >= 0.3 is 0 Å². The van der Waals surface area contributed by atoms with Gasteiger partial charge in [-0.2, -0.15) is 0 Å². The van der Waals surface area contributed by atoms with Crippen LogP contribution in [-0.2, 0) is 11.3 Å². The molecule has 2 aromatic rings. The fourth-order valence-corrected chi connectivity index (χ4v) is 4.26. The highest BCUT2D eigenvalue weighted by atomic mass is 32.1. The summed E-state index contributed by atoms with van der Waals surface area (Å²) in [5, 5.41) is 7.61. The van der Waals surface area contributed by atoms with Crippen molar-refractivity contribution in [3.05, 3.63) is 33.5 Å². The SMILES string of the molecule is CC(=O)Nc1nc(CN2CCC[C@H]2c2cccs2)cs1. The third kappa shape index (κ3) is 3.08. The van der Waals surface area contributed by atoms with E-state index >= 15 is 0 Å². The van der Waals surface area contributed by atoms with Gasteiger partial charge in [-0.1, -0.05) is 6.07 Å². The Bertz CT molecular complexity index is 579. The number of carbonyl (C=O) groups excluding carboxylic acids is 1. The van der Waals surface area contributed by atoms with Gasteiger partial charge in [0.1, 0.15) is 0 Å². The van der Waals surface area contributed by atoms with Crippen molar-refractivity contribution in [2.75, 3.05) is 11.9 Å². The van der Waals surface area contributed by atoms with E-state index in [1.54, 1.807) is 0 Å². The van der Waals surface area contributed by atoms with Gasteiger partial charge in [-0.15, -0.1) is 22.7 Å². The van der Waals surface area contributed by atoms with E-state index < -0.39 is 0 Å². The molecule has 0 bridgehead atoms. The van der Waals surface area contributed by atoms with Gasteiger partial charge in [0.15, 0.2) is 5.13 Å². The van der Waals surface area contributed by atoms with Crippen LogP contribution in [0.3, 0.4) is 0 Å². The molecule has 3 rings (SSSR count). The van der Waals surface area contributed by atoms with Crippen LogP contribution < -0.4 is 5.32 Å². The normalized spacial score (nSPS) is 19.4. The molecule has 2 aromatic heterocycles. The van der Waals surface area contributed by atoms with E-state index in [0.717, 1.165) is 18.8 Å². The summed E-state index contributed by atoms with van der Waals surface area (Å²) < 4.78 is 0. The maximum atomic E-state index is 11.0. The van der Waals surface area contributed by atoms with E-state index in [2.05, 4.69) is 32.7 Å². The monoisotopic (exact) mass is 307 g/mol. The van der Waals surface area contributed by atoms with Crippen LogP contribution in [0.1, 0.15) is 36.4 Å². The van der Waals surface area contributed by atoms with Gasteiger partial charge in [0, 0.05) is 29.8 Å². The Labute approximate surface area is 126 Å². The molecule has 4 nitrogen and oxygen atoms in total. The van der Waals surface area contributed by atoms with Crippen LogP contribution in [0.15, 0.2) is 22.9 Å². The molecule has 0 radical (unpaired) electrons. The van der Waals surface area contributed by atoms with Gasteiger partial charge in [-0.25, -0.2) is 4.98 Å². The first-order valence-corrected chi connectivity index (χ1v) is 8.48. The quantitative estimate of drug-likeness (QED) is 0.940. The Hall–Kier alpha value is -1.24. The van der Waals surface area contributed by atoms with Crippen LogP contribution in [0.2, 0.25) is 0 Å². The third-order valence-corrected chi connectivity index (χ3v) is 5.22. The predicted octanol–water partition coefficient (Wildman–Crippen LogP) is 3.50. The summed E-state index contributed by atoms with van der Waals surface area (Å²) in [6.45, 7) is 3.49. The average molecular weight is 307 g/mol. The van der Waals surface area contributed by atoms with E-state index in [0.29, 0.717) is 11.2 Å². The van der Waals surface area contributed by atoms with Gasteiger partial charge in [0.25, 0.3) is 0 Å². The second-order valence-corrected chi connectivity index (χ2v) is 6.81. The molecule has 0 aliphatic carbocycles. The first-order chi connectivity index (χ1) is 9.72. The van der Waals surface area contributed by atoms with Crippen LogP contribution in [-0.4, -0.2) is 22.3 Å². The molecule has 0 saturated carbocycles. The molecule has 0 unspecified atom stereocenters. The zero-order valence-corrected chi connectivity index (χ0v) is 13.0. The van der Waals surface area contributed by atoms with Gasteiger partial charge in [0.05, 0.1) is 5.69 Å². The van der Waals surface area contributed by atoms with Crippen molar-refractivity contribution in [3.63, 3.8) is 0 Å². The number of thiazole rings is 1. The number of likely N-dealkylation sites (tertiary alicyclic amines) is 1. The van der Waals surface area contributed by atoms with Crippen LogP contribution in [0.4, 0.5) is 5.13 Å². The minimum absolute atomic E-state index is 0.0662. The van der Waals surface area contributed by atoms with Crippen molar-refractivity contribution in [3.8, 4) is 0 Å². The van der Waals surface area contributed by atoms with E-state index in [1.807, 2.05) is 16.7 Å². The van der Waals surface area contributed by atoms with E-state index in [4.69, 9.17) is 0 Å². The summed E-state index contributed by atoms with van der Waals surface area (Å²) >= 11 is 3.32. The highest BCUT2D eigenvalue weighted by molar-refractivity contribution is 7.13. The molecule has 1 N–H and O–H groups in total. The maximum absolute atomic E-state index is 11.0. The standard InChI is InChI=1S/C14H17N3OS2/c1-10(18)15-14-16-11(9-20-14)8-17-6-2-4-12(17)13-5-3-7-19-13/h3,5,7,9,12H,2,4,6,8H2,1H3,(H,15,16,18)/t12-/m0/s1. The van der Waals surface area contributed by atoms with Gasteiger partial charge in [-0.05, 0) is 30.8 Å². The fraction of sp³-hybridized carbons (Fsp3) is 0.429. The second kappa shape index (κ2) is 6.03. The van der Waals surface area contributed by atoms with E-state index in [1.165, 1.54) is 36.0 Å². The Kier molecular flexibility index (Phi) is 4.14. The van der Waals surface area contributed by atoms with Crippen molar-refractivity contribution in [2.45, 2.75) is 32.4 Å². The minimum Gasteiger partial charge on any atom is -0.302 e. The molecule has 20 heavy (non-hydrogen) atoms. The molecule has 1 aliphatic heterocycles. The smallest absolute Gasteiger partial charge is 0.223 e. The number of nitrogens with zero attached hydrogens (tertiary/aromatic N) is 2. The molecule has 0 spiro atoms. The number of amides is 1. The third-order valence-electron chi connectivity index (χ3n) is 3.44. The number of carbonyl (C=O) groups is 1. The molecule has 1 atom stereocenters. The average Bonchev–Trinajstić information content (AvgIpc) is 3.10. The van der Waals surface area contributed by atoms with Crippen molar-refractivity contribution in [2.24, 2.45) is 0 Å². The number of nitrogens with one attached hydrogen (secondary N) is 1. The molecule has 1 fully saturated rings. The lowest BCUT2D eigenvalue weighted by atomic mass is 10.2. The molecule has 1 saturated heterocycles. The Balaban J connectivity index is 1.67. The summed E-state index contributed by atoms with van der Waals surface area (Å²) in [5.41, 5.74) is 1.04. The number of aromatic nitrogens is 1. The Morgan fingerprint density at radius 3 is 3.20 bits per heavy atom. The van der Waals surface area contributed by atoms with Gasteiger partial charge in [-0.3, -0.25) is 9.69 Å². The van der Waals surface area contributed by atoms with Crippen molar-refractivity contribution < 1.29 is 4.79 Å². The highest BCUT2D eigenvalue weighted by Gasteiger charge is 2.27. The fourth-order valence-electron chi connectivity index (χ4n) is 2.61. The maximum Gasteiger partial charge on any atom is 0.223 e. The summed E-state index contributed by atoms with van der Waals surface area (Å²) in [5.74, 6) is -0.0662. The Morgan fingerprint density at radius 1 is 1.55 bits per heavy atom. The highest BCUT2D eigenvalue weighted by Crippen LogP contribution is 2.35. The lowest BCUT2D eigenvalue weighted by Gasteiger charge is -2.22. The van der Waals surface area contributed by atoms with Crippen molar-refractivity contribution in [1.29, 1.82) is 0 Å². The first-order valence-electron chi connectivity index (χ1n) is 6.72. The summed E-state index contributed by atoms with van der Waals surface area (Å²) in [7, 11) is 0. The largest absolute Gasteiger partial charge is 0.302 e. The van der Waals surface area contributed by atoms with Crippen LogP contribution in [0.5, 0.6) is 0 Å². The van der Waals surface area contributed by atoms with Crippen molar-refractivity contribution in [1.82, 2.24) is 9.88 Å². The van der Waals surface area contributed by atoms with Gasteiger partial charge in [0.2, 0.25) is 5.91 Å². The molecular weight excluding hydrogens is 290 g/mol. The minimum atomic E-state index is -0.0662. The molecular formula is C14H17N3OS2. The predicted molar refractivity (Wildman–Crippen MR) is 83.1 cm³/mol. The molecule has 1 amide bonds. The molecule has 1 aliphatic rings. The lowest BCUT2D eigenvalue weighted by Crippen LogP contribution is -2.22. The first kappa shape index (κ1) is 13.7. The number of anilines is 1. The lowest BCUT2D eigenvalue weighted by molar-refractivity contribution is -0.114.